The lowest BCUT2D eigenvalue weighted by molar-refractivity contribution is 0.544. The summed E-state index contributed by atoms with van der Waals surface area (Å²) in [6.45, 7) is 1.59. The number of benzene rings is 2. The summed E-state index contributed by atoms with van der Waals surface area (Å²) < 4.78 is 40.9. The van der Waals surface area contributed by atoms with Gasteiger partial charge in [-0.05, 0) is 47.1 Å². The van der Waals surface area contributed by atoms with Crippen molar-refractivity contribution < 1.29 is 13.2 Å². The van der Waals surface area contributed by atoms with Crippen LogP contribution in [0.5, 0.6) is 0 Å². The van der Waals surface area contributed by atoms with Gasteiger partial charge in [0, 0.05) is 10.0 Å². The average molecular weight is 365 g/mol. The zero-order valence-corrected chi connectivity index (χ0v) is 12.7. The molecule has 1 nitrogen and oxygen atoms in total. The van der Waals surface area contributed by atoms with Crippen LogP contribution in [0.15, 0.2) is 34.8 Å². The Morgan fingerprint density at radius 1 is 1.15 bits per heavy atom. The van der Waals surface area contributed by atoms with Gasteiger partial charge in [-0.1, -0.05) is 17.7 Å². The number of hydrogen-bond donors (Lipinski definition) is 1. The van der Waals surface area contributed by atoms with Crippen molar-refractivity contribution in [3.8, 4) is 0 Å². The number of hydrogen-bond acceptors (Lipinski definition) is 1. The highest BCUT2D eigenvalue weighted by Crippen LogP contribution is 2.35. The van der Waals surface area contributed by atoms with Crippen molar-refractivity contribution in [1.29, 1.82) is 0 Å². The molecule has 20 heavy (non-hydrogen) atoms. The molecule has 0 heterocycles. The fourth-order valence-electron chi connectivity index (χ4n) is 1.89. The third-order valence-corrected chi connectivity index (χ3v) is 3.72. The van der Waals surface area contributed by atoms with Crippen LogP contribution in [-0.2, 0) is 0 Å². The number of halogens is 5. The smallest absolute Gasteiger partial charge is 0.131 e. The number of nitrogens with one attached hydrogen (secondary N) is 1. The highest BCUT2D eigenvalue weighted by molar-refractivity contribution is 9.10. The molecule has 1 N–H and O–H groups in total. The Balaban J connectivity index is 2.35. The van der Waals surface area contributed by atoms with Crippen molar-refractivity contribution in [2.75, 3.05) is 5.32 Å². The molecule has 0 saturated heterocycles. The van der Waals surface area contributed by atoms with E-state index in [-0.39, 0.29) is 10.6 Å². The van der Waals surface area contributed by atoms with Crippen LogP contribution >= 0.6 is 27.5 Å². The van der Waals surface area contributed by atoms with Crippen LogP contribution in [-0.4, -0.2) is 0 Å². The van der Waals surface area contributed by atoms with Gasteiger partial charge < -0.3 is 5.32 Å². The predicted molar refractivity (Wildman–Crippen MR) is 77.5 cm³/mol. The first kappa shape index (κ1) is 15.2. The van der Waals surface area contributed by atoms with E-state index in [1.165, 1.54) is 24.3 Å². The first-order chi connectivity index (χ1) is 9.40. The van der Waals surface area contributed by atoms with E-state index in [4.69, 9.17) is 11.6 Å². The normalized spacial score (nSPS) is 12.3. The van der Waals surface area contributed by atoms with Crippen molar-refractivity contribution in [2.24, 2.45) is 0 Å². The third-order valence-electron chi connectivity index (χ3n) is 2.80. The van der Waals surface area contributed by atoms with Gasteiger partial charge in [-0.25, -0.2) is 13.2 Å². The Bertz CT molecular complexity index is 605. The van der Waals surface area contributed by atoms with E-state index in [2.05, 4.69) is 21.2 Å². The molecule has 0 aliphatic rings. The Hall–Kier alpha value is -1.20. The molecule has 6 heteroatoms. The van der Waals surface area contributed by atoms with Crippen LogP contribution in [0, 0.1) is 17.5 Å². The quantitative estimate of drug-likeness (QED) is 0.737. The van der Waals surface area contributed by atoms with Crippen LogP contribution in [0.2, 0.25) is 5.02 Å². The maximum Gasteiger partial charge on any atom is 0.131 e. The van der Waals surface area contributed by atoms with Crippen molar-refractivity contribution >= 4 is 33.2 Å². The molecule has 1 atom stereocenters. The van der Waals surface area contributed by atoms with Crippen LogP contribution in [0.3, 0.4) is 0 Å². The Morgan fingerprint density at radius 2 is 1.75 bits per heavy atom. The topological polar surface area (TPSA) is 12.0 Å². The van der Waals surface area contributed by atoms with Crippen molar-refractivity contribution in [3.05, 3.63) is 62.8 Å². The van der Waals surface area contributed by atoms with Gasteiger partial charge in [0.1, 0.15) is 17.5 Å². The lowest BCUT2D eigenvalue weighted by Gasteiger charge is -2.19. The minimum Gasteiger partial charge on any atom is -0.376 e. The van der Waals surface area contributed by atoms with E-state index >= 15 is 0 Å². The van der Waals surface area contributed by atoms with Gasteiger partial charge in [0.25, 0.3) is 0 Å². The summed E-state index contributed by atoms with van der Waals surface area (Å²) in [5.74, 6) is -1.81. The molecule has 0 amide bonds. The molecule has 2 rings (SSSR count). The minimum absolute atomic E-state index is 0.0974. The zero-order valence-electron chi connectivity index (χ0n) is 10.4. The molecule has 0 bridgehead atoms. The maximum atomic E-state index is 13.7. The Kier molecular flexibility index (Phi) is 4.60. The van der Waals surface area contributed by atoms with Crippen LogP contribution in [0.4, 0.5) is 18.9 Å². The molecule has 1 unspecified atom stereocenters. The molecule has 0 aromatic heterocycles. The largest absolute Gasteiger partial charge is 0.376 e. The summed E-state index contributed by atoms with van der Waals surface area (Å²) in [6.07, 6.45) is 0. The lowest BCUT2D eigenvalue weighted by atomic mass is 10.1. The Morgan fingerprint density at radius 3 is 2.30 bits per heavy atom. The van der Waals surface area contributed by atoms with Gasteiger partial charge in [0.2, 0.25) is 0 Å². The summed E-state index contributed by atoms with van der Waals surface area (Å²) in [4.78, 5) is 0. The Labute approximate surface area is 127 Å². The highest BCUT2D eigenvalue weighted by Gasteiger charge is 2.18. The molecule has 0 saturated carbocycles. The predicted octanol–water partition coefficient (Wildman–Crippen LogP) is 5.69. The molecule has 2 aromatic rings. The van der Waals surface area contributed by atoms with Gasteiger partial charge >= 0.3 is 0 Å². The van der Waals surface area contributed by atoms with Gasteiger partial charge in [0.05, 0.1) is 16.8 Å². The second kappa shape index (κ2) is 6.06. The average Bonchev–Trinajstić information content (AvgIpc) is 2.33. The monoisotopic (exact) mass is 363 g/mol. The van der Waals surface area contributed by atoms with Crippen molar-refractivity contribution in [1.82, 2.24) is 0 Å². The summed E-state index contributed by atoms with van der Waals surface area (Å²) >= 11 is 9.09. The fraction of sp³-hybridized carbons (Fsp3) is 0.143. The first-order valence-corrected chi connectivity index (χ1v) is 6.92. The van der Waals surface area contributed by atoms with E-state index in [0.29, 0.717) is 10.2 Å². The standard InChI is InChI=1S/C14H10BrClF3N/c1-7(13-11(18)3-2-4-12(13)19)20-14-9(15)5-8(17)6-10(14)16/h2-7,20H,1H3. The number of rotatable bonds is 3. The zero-order chi connectivity index (χ0) is 14.9. The van der Waals surface area contributed by atoms with Crippen LogP contribution < -0.4 is 5.32 Å². The first-order valence-electron chi connectivity index (χ1n) is 5.75. The molecule has 0 spiro atoms. The SMILES string of the molecule is CC(Nc1c(Cl)cc(F)cc1Br)c1c(F)cccc1F. The lowest BCUT2D eigenvalue weighted by Crippen LogP contribution is -2.11. The van der Waals surface area contributed by atoms with E-state index in [9.17, 15) is 13.2 Å². The van der Waals surface area contributed by atoms with Gasteiger partial charge in [0.15, 0.2) is 0 Å². The summed E-state index contributed by atoms with van der Waals surface area (Å²) in [6, 6.07) is 5.32. The van der Waals surface area contributed by atoms with E-state index in [1.54, 1.807) is 6.92 Å². The molecule has 0 aliphatic carbocycles. The fourth-order valence-corrected chi connectivity index (χ4v) is 2.81. The maximum absolute atomic E-state index is 13.7. The van der Waals surface area contributed by atoms with Crippen LogP contribution in [0.1, 0.15) is 18.5 Å². The van der Waals surface area contributed by atoms with Gasteiger partial charge in [-0.2, -0.15) is 0 Å². The molecule has 0 fully saturated rings. The molecule has 0 radical (unpaired) electrons. The molecular weight excluding hydrogens is 355 g/mol. The van der Waals surface area contributed by atoms with Gasteiger partial charge in [-0.3, -0.25) is 0 Å². The third kappa shape index (κ3) is 3.10. The van der Waals surface area contributed by atoms with E-state index in [1.807, 2.05) is 0 Å². The van der Waals surface area contributed by atoms with E-state index < -0.39 is 23.5 Å². The summed E-state index contributed by atoms with van der Waals surface area (Å²) in [5, 5.41) is 3.00. The molecule has 0 aliphatic heterocycles. The van der Waals surface area contributed by atoms with Crippen LogP contribution in [0.25, 0.3) is 0 Å². The van der Waals surface area contributed by atoms with Gasteiger partial charge in [-0.15, -0.1) is 0 Å². The molecule has 2 aromatic carbocycles. The molecular formula is C14H10BrClF3N. The number of anilines is 1. The minimum atomic E-state index is -0.671. The van der Waals surface area contributed by atoms with Crippen molar-refractivity contribution in [2.45, 2.75) is 13.0 Å². The summed E-state index contributed by atoms with van der Waals surface area (Å²) in [7, 11) is 0. The van der Waals surface area contributed by atoms with E-state index in [0.717, 1.165) is 6.07 Å². The second-order valence-corrected chi connectivity index (χ2v) is 5.51. The second-order valence-electron chi connectivity index (χ2n) is 4.25. The molecule has 106 valence electrons. The van der Waals surface area contributed by atoms with Crippen molar-refractivity contribution in [3.63, 3.8) is 0 Å². The highest BCUT2D eigenvalue weighted by atomic mass is 79.9. The summed E-state index contributed by atoms with van der Waals surface area (Å²) in [5.41, 5.74) is 0.281.